The van der Waals surface area contributed by atoms with Gasteiger partial charge in [0.1, 0.15) is 6.61 Å². The average molecular weight is 185 g/mol. The van der Waals surface area contributed by atoms with Crippen LogP contribution in [0.2, 0.25) is 0 Å². The van der Waals surface area contributed by atoms with Crippen molar-refractivity contribution in [2.24, 2.45) is 11.7 Å². The molecule has 0 aromatic rings. The van der Waals surface area contributed by atoms with Crippen LogP contribution in [-0.2, 0) is 9.53 Å². The lowest BCUT2D eigenvalue weighted by Crippen LogP contribution is -2.49. The van der Waals surface area contributed by atoms with Crippen LogP contribution in [0.5, 0.6) is 0 Å². The molecule has 1 rings (SSSR count). The van der Waals surface area contributed by atoms with Crippen molar-refractivity contribution in [2.45, 2.75) is 38.6 Å². The Labute approximate surface area is 79.6 Å². The highest BCUT2D eigenvalue weighted by Gasteiger charge is 2.43. The third-order valence-corrected chi connectivity index (χ3v) is 2.61. The van der Waals surface area contributed by atoms with Crippen molar-refractivity contribution < 1.29 is 9.53 Å². The summed E-state index contributed by atoms with van der Waals surface area (Å²) in [5, 5.41) is 0. The summed E-state index contributed by atoms with van der Waals surface area (Å²) in [4.78, 5) is 11.6. The van der Waals surface area contributed by atoms with Crippen LogP contribution in [0, 0.1) is 5.92 Å². The Kier molecular flexibility index (Phi) is 3.45. The summed E-state index contributed by atoms with van der Waals surface area (Å²) in [6.45, 7) is 4.67. The van der Waals surface area contributed by atoms with E-state index in [9.17, 15) is 4.79 Å². The second kappa shape index (κ2) is 4.20. The number of carbonyl (C=O) groups excluding carboxylic acids is 1. The highest BCUT2D eigenvalue weighted by Crippen LogP contribution is 2.38. The molecule has 0 spiro atoms. The number of nitrogens with two attached hydrogens (primary N) is 1. The molecule has 0 saturated heterocycles. The summed E-state index contributed by atoms with van der Waals surface area (Å²) < 4.78 is 5.18. The van der Waals surface area contributed by atoms with Gasteiger partial charge >= 0.3 is 0 Å². The third kappa shape index (κ3) is 2.78. The van der Waals surface area contributed by atoms with Crippen LogP contribution in [0.1, 0.15) is 33.1 Å². The van der Waals surface area contributed by atoms with Crippen LogP contribution in [0.15, 0.2) is 0 Å². The lowest BCUT2D eigenvalue weighted by atomic mass is 9.92. The molecule has 0 aromatic heterocycles. The smallest absolute Gasteiger partial charge is 0.178 e. The zero-order valence-corrected chi connectivity index (χ0v) is 8.51. The number of hydrogen-bond donors (Lipinski definition) is 1. The van der Waals surface area contributed by atoms with Crippen molar-refractivity contribution in [2.75, 3.05) is 13.2 Å². The van der Waals surface area contributed by atoms with Crippen LogP contribution >= 0.6 is 0 Å². The van der Waals surface area contributed by atoms with Gasteiger partial charge in [0.15, 0.2) is 5.78 Å². The van der Waals surface area contributed by atoms with E-state index in [-0.39, 0.29) is 12.4 Å². The standard InChI is InChI=1S/C10H19NO2/c1-3-6-13-7-9(12)10(2,11)8-4-5-8/h8H,3-7,11H2,1-2H3. The fourth-order valence-corrected chi connectivity index (χ4v) is 1.38. The van der Waals surface area contributed by atoms with Crippen molar-refractivity contribution >= 4 is 5.78 Å². The van der Waals surface area contributed by atoms with E-state index in [0.29, 0.717) is 12.5 Å². The first-order valence-corrected chi connectivity index (χ1v) is 4.99. The van der Waals surface area contributed by atoms with Gasteiger partial charge in [-0.1, -0.05) is 6.92 Å². The van der Waals surface area contributed by atoms with Gasteiger partial charge in [-0.15, -0.1) is 0 Å². The quantitative estimate of drug-likeness (QED) is 0.631. The van der Waals surface area contributed by atoms with E-state index >= 15 is 0 Å². The highest BCUT2D eigenvalue weighted by molar-refractivity contribution is 5.89. The zero-order chi connectivity index (χ0) is 9.90. The first-order valence-electron chi connectivity index (χ1n) is 4.99. The van der Waals surface area contributed by atoms with Gasteiger partial charge in [0, 0.05) is 6.61 Å². The van der Waals surface area contributed by atoms with Gasteiger partial charge in [-0.05, 0) is 32.1 Å². The molecular formula is C10H19NO2. The van der Waals surface area contributed by atoms with Gasteiger partial charge < -0.3 is 10.5 Å². The van der Waals surface area contributed by atoms with E-state index in [4.69, 9.17) is 10.5 Å². The minimum absolute atomic E-state index is 0.0449. The Hall–Kier alpha value is -0.410. The van der Waals surface area contributed by atoms with E-state index < -0.39 is 5.54 Å². The summed E-state index contributed by atoms with van der Waals surface area (Å²) in [5.74, 6) is 0.439. The molecule has 0 bridgehead atoms. The molecule has 0 heterocycles. The topological polar surface area (TPSA) is 52.3 Å². The summed E-state index contributed by atoms with van der Waals surface area (Å²) in [6, 6.07) is 0. The van der Waals surface area contributed by atoms with Crippen LogP contribution in [-0.4, -0.2) is 24.5 Å². The fourth-order valence-electron chi connectivity index (χ4n) is 1.38. The lowest BCUT2D eigenvalue weighted by molar-refractivity contribution is -0.129. The maximum Gasteiger partial charge on any atom is 0.178 e. The summed E-state index contributed by atoms with van der Waals surface area (Å²) in [6.07, 6.45) is 3.12. The third-order valence-electron chi connectivity index (χ3n) is 2.61. The normalized spacial score (nSPS) is 21.2. The molecule has 13 heavy (non-hydrogen) atoms. The SMILES string of the molecule is CCCOCC(=O)C(C)(N)C1CC1. The van der Waals surface area contributed by atoms with Gasteiger partial charge in [-0.3, -0.25) is 4.79 Å². The molecule has 0 radical (unpaired) electrons. The Morgan fingerprint density at radius 3 is 2.69 bits per heavy atom. The molecule has 3 nitrogen and oxygen atoms in total. The Bertz CT molecular complexity index is 185. The van der Waals surface area contributed by atoms with Crippen molar-refractivity contribution in [3.8, 4) is 0 Å². The van der Waals surface area contributed by atoms with E-state index in [0.717, 1.165) is 19.3 Å². The number of Topliss-reactive ketones (excluding diaryl/α,β-unsaturated/α-hetero) is 1. The van der Waals surface area contributed by atoms with Crippen molar-refractivity contribution in [1.82, 2.24) is 0 Å². The highest BCUT2D eigenvalue weighted by atomic mass is 16.5. The van der Waals surface area contributed by atoms with Gasteiger partial charge in [0.25, 0.3) is 0 Å². The number of ether oxygens (including phenoxy) is 1. The second-order valence-corrected chi connectivity index (χ2v) is 4.03. The number of ketones is 1. The number of carbonyl (C=O) groups is 1. The molecule has 1 aliphatic rings. The Morgan fingerprint density at radius 2 is 2.23 bits per heavy atom. The summed E-state index contributed by atoms with van der Waals surface area (Å²) in [7, 11) is 0. The van der Waals surface area contributed by atoms with Gasteiger partial charge in [0.2, 0.25) is 0 Å². The fraction of sp³-hybridized carbons (Fsp3) is 0.900. The Balaban J connectivity index is 2.28. The van der Waals surface area contributed by atoms with E-state index in [1.54, 1.807) is 0 Å². The first-order chi connectivity index (χ1) is 6.09. The molecular weight excluding hydrogens is 166 g/mol. The molecule has 76 valence electrons. The minimum Gasteiger partial charge on any atom is -0.374 e. The van der Waals surface area contributed by atoms with Gasteiger partial charge in [-0.2, -0.15) is 0 Å². The molecule has 0 amide bonds. The van der Waals surface area contributed by atoms with Crippen LogP contribution in [0.4, 0.5) is 0 Å². The molecule has 1 fully saturated rings. The number of hydrogen-bond acceptors (Lipinski definition) is 3. The van der Waals surface area contributed by atoms with Crippen LogP contribution in [0.25, 0.3) is 0 Å². The average Bonchev–Trinajstić information content (AvgIpc) is 2.86. The van der Waals surface area contributed by atoms with E-state index in [1.807, 2.05) is 13.8 Å². The zero-order valence-electron chi connectivity index (χ0n) is 8.51. The molecule has 3 heteroatoms. The van der Waals surface area contributed by atoms with Gasteiger partial charge in [-0.25, -0.2) is 0 Å². The number of rotatable bonds is 6. The second-order valence-electron chi connectivity index (χ2n) is 4.03. The summed E-state index contributed by atoms with van der Waals surface area (Å²) >= 11 is 0. The molecule has 0 aromatic carbocycles. The van der Waals surface area contributed by atoms with Gasteiger partial charge in [0.05, 0.1) is 5.54 Å². The predicted octanol–water partition coefficient (Wildman–Crippen LogP) is 1.11. The minimum atomic E-state index is -0.645. The van der Waals surface area contributed by atoms with Crippen LogP contribution in [0.3, 0.4) is 0 Å². The monoisotopic (exact) mass is 185 g/mol. The van der Waals surface area contributed by atoms with Crippen molar-refractivity contribution in [3.63, 3.8) is 0 Å². The first kappa shape index (κ1) is 10.7. The van der Waals surface area contributed by atoms with Crippen molar-refractivity contribution in [3.05, 3.63) is 0 Å². The molecule has 0 aliphatic heterocycles. The van der Waals surface area contributed by atoms with E-state index in [2.05, 4.69) is 0 Å². The molecule has 1 unspecified atom stereocenters. The molecule has 1 saturated carbocycles. The Morgan fingerprint density at radius 1 is 1.62 bits per heavy atom. The lowest BCUT2D eigenvalue weighted by Gasteiger charge is -2.22. The predicted molar refractivity (Wildman–Crippen MR) is 51.4 cm³/mol. The maximum atomic E-state index is 11.6. The molecule has 2 N–H and O–H groups in total. The maximum absolute atomic E-state index is 11.6. The van der Waals surface area contributed by atoms with Crippen molar-refractivity contribution in [1.29, 1.82) is 0 Å². The molecule has 1 aliphatic carbocycles. The van der Waals surface area contributed by atoms with Crippen LogP contribution < -0.4 is 5.73 Å². The largest absolute Gasteiger partial charge is 0.374 e. The summed E-state index contributed by atoms with van der Waals surface area (Å²) in [5.41, 5.74) is 5.27. The molecule has 1 atom stereocenters. The van der Waals surface area contributed by atoms with E-state index in [1.165, 1.54) is 0 Å².